The van der Waals surface area contributed by atoms with Gasteiger partial charge in [-0.1, -0.05) is 30.7 Å². The number of carbonyl (C=O) groups is 2. The van der Waals surface area contributed by atoms with Crippen molar-refractivity contribution >= 4 is 33.6 Å². The molecule has 8 nitrogen and oxygen atoms in total. The van der Waals surface area contributed by atoms with E-state index in [9.17, 15) is 18.0 Å². The lowest BCUT2D eigenvalue weighted by molar-refractivity contribution is -0.121. The molecule has 0 unspecified atom stereocenters. The molecule has 0 aromatic heterocycles. The Morgan fingerprint density at radius 3 is 2.48 bits per heavy atom. The number of hydrogen-bond donors (Lipinski definition) is 4. The number of benzene rings is 1. The average Bonchev–Trinajstić information content (AvgIpc) is 2.51. The first-order valence-electron chi connectivity index (χ1n) is 6.93. The summed E-state index contributed by atoms with van der Waals surface area (Å²) < 4.78 is 26.3. The second kappa shape index (κ2) is 9.33. The van der Waals surface area contributed by atoms with Crippen LogP contribution in [0.25, 0.3) is 0 Å². The first-order valence-corrected chi connectivity index (χ1v) is 8.80. The number of carbonyl (C=O) groups excluding carboxylic acids is 2. The number of amides is 3. The van der Waals surface area contributed by atoms with E-state index in [2.05, 4.69) is 20.9 Å². The molecule has 0 saturated carbocycles. The minimum absolute atomic E-state index is 0.0563. The summed E-state index contributed by atoms with van der Waals surface area (Å²) >= 11 is 5.82. The molecule has 0 bridgehead atoms. The van der Waals surface area contributed by atoms with Gasteiger partial charge >= 0.3 is 6.03 Å². The molecule has 0 atom stereocenters. The average molecular weight is 363 g/mol. The summed E-state index contributed by atoms with van der Waals surface area (Å²) in [5, 5.41) is 2.60. The summed E-state index contributed by atoms with van der Waals surface area (Å²) in [6, 6.07) is 5.46. The molecule has 10 heteroatoms. The zero-order chi connectivity index (χ0) is 17.3. The smallest absolute Gasteiger partial charge is 0.333 e. The van der Waals surface area contributed by atoms with Crippen molar-refractivity contribution in [2.75, 3.05) is 13.1 Å². The van der Waals surface area contributed by atoms with Crippen molar-refractivity contribution in [3.05, 3.63) is 29.3 Å². The Balaban J connectivity index is 2.37. The number of halogens is 1. The third-order valence-electron chi connectivity index (χ3n) is 2.62. The van der Waals surface area contributed by atoms with Gasteiger partial charge < -0.3 is 5.32 Å². The van der Waals surface area contributed by atoms with E-state index in [0.29, 0.717) is 6.54 Å². The summed E-state index contributed by atoms with van der Waals surface area (Å²) in [6.45, 7) is 2.25. The molecular formula is C13H19ClN4O4S. The van der Waals surface area contributed by atoms with Crippen LogP contribution in [0, 0.1) is 0 Å². The molecule has 0 radical (unpaired) electrons. The molecule has 0 aliphatic carbocycles. The molecule has 128 valence electrons. The summed E-state index contributed by atoms with van der Waals surface area (Å²) in [5.74, 6) is -0.529. The molecule has 1 rings (SSSR count). The molecule has 4 N–H and O–H groups in total. The van der Waals surface area contributed by atoms with Crippen LogP contribution in [0.5, 0.6) is 0 Å². The second-order valence-electron chi connectivity index (χ2n) is 4.51. The number of nitrogens with one attached hydrogen (secondary N) is 4. The quantitative estimate of drug-likeness (QED) is 0.535. The van der Waals surface area contributed by atoms with Crippen LogP contribution in [0.2, 0.25) is 5.02 Å². The maximum atomic E-state index is 12.0. The second-order valence-corrected chi connectivity index (χ2v) is 6.65. The zero-order valence-electron chi connectivity index (χ0n) is 12.6. The highest BCUT2D eigenvalue weighted by atomic mass is 35.5. The molecule has 1 aromatic rings. The lowest BCUT2D eigenvalue weighted by Gasteiger charge is -2.10. The van der Waals surface area contributed by atoms with Gasteiger partial charge in [0.05, 0.1) is 5.02 Å². The third kappa shape index (κ3) is 6.85. The number of rotatable bonds is 7. The topological polar surface area (TPSA) is 116 Å². The van der Waals surface area contributed by atoms with Crippen molar-refractivity contribution in [1.82, 2.24) is 20.9 Å². The van der Waals surface area contributed by atoms with E-state index >= 15 is 0 Å². The van der Waals surface area contributed by atoms with Crippen LogP contribution >= 0.6 is 11.6 Å². The number of hydrogen-bond acceptors (Lipinski definition) is 4. The van der Waals surface area contributed by atoms with Gasteiger partial charge in [-0.25, -0.2) is 23.4 Å². The highest BCUT2D eigenvalue weighted by Crippen LogP contribution is 2.19. The Kier molecular flexibility index (Phi) is 7.79. The van der Waals surface area contributed by atoms with E-state index in [1.54, 1.807) is 12.1 Å². The molecule has 0 heterocycles. The Hall–Kier alpha value is -1.84. The van der Waals surface area contributed by atoms with Crippen molar-refractivity contribution in [2.45, 2.75) is 24.7 Å². The molecule has 0 spiro atoms. The summed E-state index contributed by atoms with van der Waals surface area (Å²) in [7, 11) is -3.79. The number of hydrazine groups is 1. The van der Waals surface area contributed by atoms with E-state index in [4.69, 9.17) is 11.6 Å². The van der Waals surface area contributed by atoms with E-state index in [-0.39, 0.29) is 22.9 Å². The van der Waals surface area contributed by atoms with Gasteiger partial charge in [-0.3, -0.25) is 10.2 Å². The van der Waals surface area contributed by atoms with Gasteiger partial charge in [-0.2, -0.15) is 0 Å². The van der Waals surface area contributed by atoms with Gasteiger partial charge in [-0.15, -0.1) is 0 Å². The predicted octanol–water partition coefficient (Wildman–Crippen LogP) is 0.749. The summed E-state index contributed by atoms with van der Waals surface area (Å²) in [6.07, 6.45) is 0.628. The Bertz CT molecular complexity index is 651. The molecule has 0 aliphatic heterocycles. The minimum Gasteiger partial charge on any atom is -0.337 e. The first-order chi connectivity index (χ1) is 10.9. The van der Waals surface area contributed by atoms with E-state index in [1.165, 1.54) is 12.1 Å². The fourth-order valence-corrected chi connectivity index (χ4v) is 3.06. The van der Waals surface area contributed by atoms with Crippen molar-refractivity contribution in [3.63, 3.8) is 0 Å². The van der Waals surface area contributed by atoms with Crippen LogP contribution in [0.15, 0.2) is 29.2 Å². The van der Waals surface area contributed by atoms with Crippen LogP contribution < -0.4 is 20.9 Å². The SMILES string of the molecule is CCCNC(=O)NNC(=O)CCNS(=O)(=O)c1ccccc1Cl. The van der Waals surface area contributed by atoms with Crippen LogP contribution in [0.3, 0.4) is 0 Å². The van der Waals surface area contributed by atoms with Crippen molar-refractivity contribution in [3.8, 4) is 0 Å². The normalized spacial score (nSPS) is 10.9. The summed E-state index contributed by atoms with van der Waals surface area (Å²) in [5.41, 5.74) is 4.32. The molecule has 0 saturated heterocycles. The predicted molar refractivity (Wildman–Crippen MR) is 86.2 cm³/mol. The largest absolute Gasteiger partial charge is 0.337 e. The highest BCUT2D eigenvalue weighted by molar-refractivity contribution is 7.89. The molecule has 23 heavy (non-hydrogen) atoms. The van der Waals surface area contributed by atoms with Gasteiger partial charge in [0.25, 0.3) is 0 Å². The summed E-state index contributed by atoms with van der Waals surface area (Å²) in [4.78, 5) is 22.6. The van der Waals surface area contributed by atoms with Crippen LogP contribution in [0.4, 0.5) is 4.79 Å². The van der Waals surface area contributed by atoms with Crippen LogP contribution in [0.1, 0.15) is 19.8 Å². The van der Waals surface area contributed by atoms with Gasteiger partial charge in [0.2, 0.25) is 15.9 Å². The Morgan fingerprint density at radius 1 is 1.13 bits per heavy atom. The lowest BCUT2D eigenvalue weighted by atomic mass is 10.4. The number of sulfonamides is 1. The maximum Gasteiger partial charge on any atom is 0.333 e. The molecule has 0 aliphatic rings. The van der Waals surface area contributed by atoms with E-state index in [1.807, 2.05) is 6.92 Å². The standard InChI is InChI=1S/C13H19ClN4O4S/c1-2-8-15-13(20)18-17-12(19)7-9-16-23(21,22)11-6-4-3-5-10(11)14/h3-6,16H,2,7-9H2,1H3,(H,17,19)(H2,15,18,20). The first kappa shape index (κ1) is 19.2. The molecular weight excluding hydrogens is 344 g/mol. The van der Waals surface area contributed by atoms with Gasteiger partial charge in [0.1, 0.15) is 4.90 Å². The fourth-order valence-electron chi connectivity index (χ4n) is 1.51. The molecule has 3 amide bonds. The fraction of sp³-hybridized carbons (Fsp3) is 0.385. The van der Waals surface area contributed by atoms with Crippen LogP contribution in [-0.4, -0.2) is 33.4 Å². The van der Waals surface area contributed by atoms with E-state index in [0.717, 1.165) is 6.42 Å². The molecule has 0 fully saturated rings. The monoisotopic (exact) mass is 362 g/mol. The number of urea groups is 1. The van der Waals surface area contributed by atoms with Gasteiger partial charge in [0.15, 0.2) is 0 Å². The third-order valence-corrected chi connectivity index (χ3v) is 4.58. The Labute approximate surface area is 140 Å². The molecule has 1 aromatic carbocycles. The zero-order valence-corrected chi connectivity index (χ0v) is 14.1. The lowest BCUT2D eigenvalue weighted by Crippen LogP contribution is -2.47. The maximum absolute atomic E-state index is 12.0. The van der Waals surface area contributed by atoms with Crippen molar-refractivity contribution in [1.29, 1.82) is 0 Å². The van der Waals surface area contributed by atoms with Crippen molar-refractivity contribution in [2.24, 2.45) is 0 Å². The van der Waals surface area contributed by atoms with E-state index < -0.39 is 22.0 Å². The van der Waals surface area contributed by atoms with Gasteiger partial charge in [0, 0.05) is 19.5 Å². The highest BCUT2D eigenvalue weighted by Gasteiger charge is 2.17. The van der Waals surface area contributed by atoms with Crippen LogP contribution in [-0.2, 0) is 14.8 Å². The minimum atomic E-state index is -3.79. The Morgan fingerprint density at radius 2 is 1.83 bits per heavy atom. The van der Waals surface area contributed by atoms with Crippen molar-refractivity contribution < 1.29 is 18.0 Å². The van der Waals surface area contributed by atoms with Gasteiger partial charge in [-0.05, 0) is 18.6 Å².